The van der Waals surface area contributed by atoms with E-state index in [1.165, 1.54) is 7.05 Å². The molecule has 0 spiro atoms. The molecule has 3 N–H and O–H groups in total. The number of rotatable bonds is 5. The third-order valence-corrected chi connectivity index (χ3v) is 4.49. The number of para-hydroxylation sites is 1. The van der Waals surface area contributed by atoms with Crippen molar-refractivity contribution in [3.63, 3.8) is 0 Å². The molecule has 0 heterocycles. The molecule has 0 saturated heterocycles. The molecular weight excluding hydrogens is 330 g/mol. The van der Waals surface area contributed by atoms with Crippen LogP contribution in [0.5, 0.6) is 0 Å². The number of hydrogen-bond donors (Lipinski definition) is 3. The zero-order chi connectivity index (χ0) is 18.7. The fourth-order valence-electron chi connectivity index (χ4n) is 2.78. The van der Waals surface area contributed by atoms with Crippen LogP contribution in [0, 0.1) is 11.8 Å². The quantitative estimate of drug-likeness (QED) is 0.774. The summed E-state index contributed by atoms with van der Waals surface area (Å²) in [5.74, 6) is -0.160. The van der Waals surface area contributed by atoms with E-state index in [0.717, 1.165) is 6.42 Å². The third-order valence-electron chi connectivity index (χ3n) is 4.49. The maximum atomic E-state index is 12.6. The maximum absolute atomic E-state index is 12.6. The van der Waals surface area contributed by atoms with Gasteiger partial charge in [-0.25, -0.2) is 0 Å². The first-order chi connectivity index (χ1) is 12.5. The second-order valence-electron chi connectivity index (χ2n) is 6.47. The Morgan fingerprint density at radius 3 is 2.38 bits per heavy atom. The van der Waals surface area contributed by atoms with Crippen LogP contribution in [0.25, 0.3) is 0 Å². The number of benzene rings is 2. The molecule has 6 nitrogen and oxygen atoms in total. The molecule has 0 radical (unpaired) electrons. The summed E-state index contributed by atoms with van der Waals surface area (Å²) in [6.45, 7) is 2.04. The fraction of sp³-hybridized carbons (Fsp3) is 0.250. The Balaban J connectivity index is 1.74. The van der Waals surface area contributed by atoms with E-state index in [1.807, 2.05) is 6.92 Å². The number of amides is 3. The van der Waals surface area contributed by atoms with E-state index < -0.39 is 0 Å². The van der Waals surface area contributed by atoms with Gasteiger partial charge < -0.3 is 16.0 Å². The van der Waals surface area contributed by atoms with Crippen LogP contribution in [0.2, 0.25) is 0 Å². The molecule has 2 atom stereocenters. The molecule has 0 aromatic heterocycles. The van der Waals surface area contributed by atoms with E-state index in [9.17, 15) is 14.4 Å². The lowest BCUT2D eigenvalue weighted by Crippen LogP contribution is -2.21. The highest BCUT2D eigenvalue weighted by Gasteiger charge is 2.39. The average molecular weight is 351 g/mol. The Morgan fingerprint density at radius 2 is 1.69 bits per heavy atom. The van der Waals surface area contributed by atoms with E-state index in [-0.39, 0.29) is 23.6 Å². The monoisotopic (exact) mass is 351 g/mol. The fourth-order valence-corrected chi connectivity index (χ4v) is 2.78. The highest BCUT2D eigenvalue weighted by atomic mass is 16.2. The lowest BCUT2D eigenvalue weighted by molar-refractivity contribution is -0.117. The van der Waals surface area contributed by atoms with Gasteiger partial charge >= 0.3 is 0 Å². The van der Waals surface area contributed by atoms with Gasteiger partial charge in [-0.15, -0.1) is 0 Å². The Labute approximate surface area is 152 Å². The van der Waals surface area contributed by atoms with Crippen LogP contribution < -0.4 is 16.0 Å². The minimum absolute atomic E-state index is 0.0139. The van der Waals surface area contributed by atoms with Gasteiger partial charge in [-0.05, 0) is 42.7 Å². The predicted octanol–water partition coefficient (Wildman–Crippen LogP) is 2.89. The maximum Gasteiger partial charge on any atom is 0.255 e. The zero-order valence-electron chi connectivity index (χ0n) is 14.7. The largest absolute Gasteiger partial charge is 0.355 e. The Morgan fingerprint density at radius 1 is 0.962 bits per heavy atom. The summed E-state index contributed by atoms with van der Waals surface area (Å²) in [6.07, 6.45) is 0.905. The standard InChI is InChI=1S/C20H21N3O3/c1-12-10-16(12)20(26)22-14-7-5-6-13(11-14)18(24)23-17-9-4-3-8-15(17)19(25)21-2/h3-9,11-12,16H,10H2,1-2H3,(H,21,25)(H,22,26)(H,23,24). The SMILES string of the molecule is CNC(=O)c1ccccc1NC(=O)c1cccc(NC(=O)C2CC2C)c1. The Hall–Kier alpha value is -3.15. The average Bonchev–Trinajstić information content (AvgIpc) is 3.38. The van der Waals surface area contributed by atoms with Crippen molar-refractivity contribution < 1.29 is 14.4 Å². The second-order valence-corrected chi connectivity index (χ2v) is 6.47. The van der Waals surface area contributed by atoms with Crippen LogP contribution >= 0.6 is 0 Å². The van der Waals surface area contributed by atoms with Gasteiger partial charge in [-0.1, -0.05) is 25.1 Å². The molecule has 0 bridgehead atoms. The van der Waals surface area contributed by atoms with Crippen LogP contribution in [0.15, 0.2) is 48.5 Å². The molecule has 134 valence electrons. The van der Waals surface area contributed by atoms with Crippen LogP contribution in [0.1, 0.15) is 34.1 Å². The van der Waals surface area contributed by atoms with Crippen molar-refractivity contribution in [1.29, 1.82) is 0 Å². The van der Waals surface area contributed by atoms with Gasteiger partial charge in [0.25, 0.3) is 11.8 Å². The minimum atomic E-state index is -0.350. The molecule has 1 fully saturated rings. The summed E-state index contributed by atoms with van der Waals surface area (Å²) in [4.78, 5) is 36.5. The van der Waals surface area contributed by atoms with E-state index in [4.69, 9.17) is 0 Å². The third kappa shape index (κ3) is 3.91. The molecular formula is C20H21N3O3. The van der Waals surface area contributed by atoms with Crippen molar-refractivity contribution in [2.75, 3.05) is 17.7 Å². The molecule has 0 aliphatic heterocycles. The molecule has 1 saturated carbocycles. The van der Waals surface area contributed by atoms with Gasteiger partial charge in [0.2, 0.25) is 5.91 Å². The van der Waals surface area contributed by atoms with Crippen molar-refractivity contribution in [3.8, 4) is 0 Å². The molecule has 2 aromatic carbocycles. The van der Waals surface area contributed by atoms with E-state index >= 15 is 0 Å². The first kappa shape index (κ1) is 17.7. The van der Waals surface area contributed by atoms with Crippen LogP contribution in [-0.4, -0.2) is 24.8 Å². The van der Waals surface area contributed by atoms with E-state index in [0.29, 0.717) is 28.4 Å². The zero-order valence-corrected chi connectivity index (χ0v) is 14.7. The summed E-state index contributed by atoms with van der Waals surface area (Å²) < 4.78 is 0. The van der Waals surface area contributed by atoms with Gasteiger partial charge in [0.15, 0.2) is 0 Å². The van der Waals surface area contributed by atoms with Crippen LogP contribution in [-0.2, 0) is 4.79 Å². The highest BCUT2D eigenvalue weighted by Crippen LogP contribution is 2.38. The van der Waals surface area contributed by atoms with E-state index in [1.54, 1.807) is 48.5 Å². The van der Waals surface area contributed by atoms with Crippen LogP contribution in [0.4, 0.5) is 11.4 Å². The lowest BCUT2D eigenvalue weighted by atomic mass is 10.1. The van der Waals surface area contributed by atoms with Gasteiger partial charge in [0.05, 0.1) is 11.3 Å². The summed E-state index contributed by atoms with van der Waals surface area (Å²) in [6, 6.07) is 13.5. The molecule has 2 aromatic rings. The Bertz CT molecular complexity index is 863. The molecule has 3 amide bonds. The molecule has 1 aliphatic rings. The summed E-state index contributed by atoms with van der Waals surface area (Å²) in [7, 11) is 1.54. The summed E-state index contributed by atoms with van der Waals surface area (Å²) >= 11 is 0. The molecule has 6 heteroatoms. The van der Waals surface area contributed by atoms with Gasteiger partial charge in [0.1, 0.15) is 0 Å². The van der Waals surface area contributed by atoms with Crippen molar-refractivity contribution in [2.24, 2.45) is 11.8 Å². The van der Waals surface area contributed by atoms with E-state index in [2.05, 4.69) is 16.0 Å². The molecule has 3 rings (SSSR count). The van der Waals surface area contributed by atoms with Gasteiger partial charge in [0, 0.05) is 24.2 Å². The topological polar surface area (TPSA) is 87.3 Å². The predicted molar refractivity (Wildman–Crippen MR) is 100 cm³/mol. The number of anilines is 2. The second kappa shape index (κ2) is 7.39. The van der Waals surface area contributed by atoms with Crippen molar-refractivity contribution in [1.82, 2.24) is 5.32 Å². The number of nitrogens with one attached hydrogen (secondary N) is 3. The smallest absolute Gasteiger partial charge is 0.255 e. The van der Waals surface area contributed by atoms with Gasteiger partial charge in [-0.2, -0.15) is 0 Å². The molecule has 26 heavy (non-hydrogen) atoms. The molecule has 2 unspecified atom stereocenters. The van der Waals surface area contributed by atoms with Crippen molar-refractivity contribution in [3.05, 3.63) is 59.7 Å². The lowest BCUT2D eigenvalue weighted by Gasteiger charge is -2.11. The number of carbonyl (C=O) groups is 3. The molecule has 1 aliphatic carbocycles. The normalized spacial score (nSPS) is 17.9. The Kier molecular flexibility index (Phi) is 5.02. The highest BCUT2D eigenvalue weighted by molar-refractivity contribution is 6.09. The van der Waals surface area contributed by atoms with Crippen molar-refractivity contribution in [2.45, 2.75) is 13.3 Å². The number of hydrogen-bond acceptors (Lipinski definition) is 3. The first-order valence-electron chi connectivity index (χ1n) is 8.53. The summed E-state index contributed by atoms with van der Waals surface area (Å²) in [5, 5.41) is 8.15. The first-order valence-corrected chi connectivity index (χ1v) is 8.53. The van der Waals surface area contributed by atoms with Crippen LogP contribution in [0.3, 0.4) is 0 Å². The number of carbonyl (C=O) groups excluding carboxylic acids is 3. The minimum Gasteiger partial charge on any atom is -0.355 e. The van der Waals surface area contributed by atoms with Gasteiger partial charge in [-0.3, -0.25) is 14.4 Å². The van der Waals surface area contributed by atoms with Crippen molar-refractivity contribution >= 4 is 29.1 Å². The summed E-state index contributed by atoms with van der Waals surface area (Å²) in [5.41, 5.74) is 1.80.